The Kier molecular flexibility index (Phi) is 5.41. The number of pyridine rings is 1. The number of piperazine rings is 1. The molecule has 1 fully saturated rings. The maximum Gasteiger partial charge on any atom is 0.253 e. The number of carbonyl (C=O) groups is 1. The van der Waals surface area contributed by atoms with Gasteiger partial charge < -0.3 is 10.2 Å². The molecule has 1 aliphatic heterocycles. The number of anilines is 1. The minimum atomic E-state index is -0.0780. The van der Waals surface area contributed by atoms with E-state index in [-0.39, 0.29) is 5.91 Å². The molecule has 1 N–H and O–H groups in total. The van der Waals surface area contributed by atoms with E-state index >= 15 is 0 Å². The zero-order chi connectivity index (χ0) is 21.0. The monoisotopic (exact) mass is 412 g/mol. The highest BCUT2D eigenvalue weighted by Crippen LogP contribution is 2.27. The first-order valence-corrected chi connectivity index (χ1v) is 10.6. The number of nitrogens with zero attached hydrogens (tertiary/aromatic N) is 5. The summed E-state index contributed by atoms with van der Waals surface area (Å²) < 4.78 is 0. The number of aromatic nitrogens is 3. The molecule has 3 heterocycles. The molecular formula is C24H24N6O. The van der Waals surface area contributed by atoms with Gasteiger partial charge >= 0.3 is 0 Å². The van der Waals surface area contributed by atoms with Crippen molar-refractivity contribution in [1.29, 1.82) is 0 Å². The second kappa shape index (κ2) is 8.65. The van der Waals surface area contributed by atoms with E-state index in [1.54, 1.807) is 18.6 Å². The molecule has 4 aromatic rings. The van der Waals surface area contributed by atoms with Crippen molar-refractivity contribution >= 4 is 33.5 Å². The zero-order valence-corrected chi connectivity index (χ0v) is 17.2. The quantitative estimate of drug-likeness (QED) is 0.508. The number of nitrogens with one attached hydrogen (secondary N) is 1. The van der Waals surface area contributed by atoms with E-state index < -0.39 is 0 Å². The molecular weight excluding hydrogens is 388 g/mol. The van der Waals surface area contributed by atoms with Crippen LogP contribution < -0.4 is 10.2 Å². The molecule has 0 aliphatic carbocycles. The molecule has 2 aromatic carbocycles. The largest absolute Gasteiger partial charge is 0.351 e. The summed E-state index contributed by atoms with van der Waals surface area (Å²) in [5.41, 5.74) is 1.37. The van der Waals surface area contributed by atoms with Crippen LogP contribution in [0.3, 0.4) is 0 Å². The molecule has 156 valence electrons. The van der Waals surface area contributed by atoms with E-state index in [1.807, 2.05) is 42.5 Å². The minimum Gasteiger partial charge on any atom is -0.351 e. The normalized spacial score (nSPS) is 14.8. The van der Waals surface area contributed by atoms with Gasteiger partial charge in [-0.3, -0.25) is 14.7 Å². The predicted octanol–water partition coefficient (Wildman–Crippen LogP) is 2.73. The van der Waals surface area contributed by atoms with E-state index in [1.165, 1.54) is 0 Å². The van der Waals surface area contributed by atoms with Gasteiger partial charge in [-0.05, 0) is 29.0 Å². The summed E-state index contributed by atoms with van der Waals surface area (Å²) in [7, 11) is 0. The maximum atomic E-state index is 13.0. The molecule has 0 radical (unpaired) electrons. The van der Waals surface area contributed by atoms with Crippen molar-refractivity contribution in [2.75, 3.05) is 44.2 Å². The van der Waals surface area contributed by atoms with Crippen LogP contribution in [-0.4, -0.2) is 65.0 Å². The summed E-state index contributed by atoms with van der Waals surface area (Å²) in [6, 6.07) is 15.8. The van der Waals surface area contributed by atoms with E-state index in [4.69, 9.17) is 0 Å². The Balaban J connectivity index is 1.22. The Morgan fingerprint density at radius 1 is 0.871 bits per heavy atom. The number of hydrogen-bond acceptors (Lipinski definition) is 6. The molecule has 7 heteroatoms. The summed E-state index contributed by atoms with van der Waals surface area (Å²) in [6.07, 6.45) is 5.29. The first-order valence-electron chi connectivity index (χ1n) is 10.6. The number of fused-ring (bicyclic) bond motifs is 3. The van der Waals surface area contributed by atoms with Crippen molar-refractivity contribution in [3.8, 4) is 0 Å². The van der Waals surface area contributed by atoms with E-state index in [2.05, 4.69) is 36.1 Å². The molecule has 1 saturated heterocycles. The van der Waals surface area contributed by atoms with Gasteiger partial charge in [0.25, 0.3) is 5.91 Å². The highest BCUT2D eigenvalue weighted by atomic mass is 16.1. The minimum absolute atomic E-state index is 0.0780. The number of benzene rings is 2. The number of hydrogen-bond donors (Lipinski definition) is 1. The third kappa shape index (κ3) is 4.04. The Hall–Kier alpha value is -3.58. The van der Waals surface area contributed by atoms with Gasteiger partial charge in [0.2, 0.25) is 5.95 Å². The Bertz CT molecular complexity index is 1200. The molecule has 1 aliphatic rings. The van der Waals surface area contributed by atoms with Crippen molar-refractivity contribution in [3.05, 3.63) is 72.7 Å². The first kappa shape index (κ1) is 19.4. The van der Waals surface area contributed by atoms with Gasteiger partial charge in [-0.2, -0.15) is 0 Å². The molecule has 0 saturated carbocycles. The average molecular weight is 412 g/mol. The summed E-state index contributed by atoms with van der Waals surface area (Å²) >= 11 is 0. The molecule has 5 rings (SSSR count). The summed E-state index contributed by atoms with van der Waals surface area (Å²) in [5.74, 6) is 0.705. The van der Waals surface area contributed by atoms with Crippen molar-refractivity contribution in [2.45, 2.75) is 0 Å². The van der Waals surface area contributed by atoms with Gasteiger partial charge in [0.1, 0.15) is 0 Å². The third-order valence-corrected chi connectivity index (χ3v) is 5.78. The van der Waals surface area contributed by atoms with Crippen LogP contribution in [0.4, 0.5) is 5.95 Å². The summed E-state index contributed by atoms with van der Waals surface area (Å²) in [6.45, 7) is 5.04. The fourth-order valence-corrected chi connectivity index (χ4v) is 4.15. The van der Waals surface area contributed by atoms with Gasteiger partial charge in [0, 0.05) is 63.2 Å². The lowest BCUT2D eigenvalue weighted by Gasteiger charge is -2.34. The molecule has 2 aromatic heterocycles. The Labute approximate surface area is 180 Å². The van der Waals surface area contributed by atoms with Gasteiger partial charge in [-0.15, -0.1) is 0 Å². The van der Waals surface area contributed by atoms with Gasteiger partial charge in [-0.25, -0.2) is 9.97 Å². The fraction of sp³-hybridized carbons (Fsp3) is 0.250. The van der Waals surface area contributed by atoms with Crippen molar-refractivity contribution in [2.24, 2.45) is 0 Å². The molecule has 7 nitrogen and oxygen atoms in total. The summed E-state index contributed by atoms with van der Waals surface area (Å²) in [4.78, 5) is 30.7. The van der Waals surface area contributed by atoms with Crippen LogP contribution in [0.5, 0.6) is 0 Å². The molecule has 0 atom stereocenters. The number of carbonyl (C=O) groups excluding carboxylic acids is 1. The lowest BCUT2D eigenvalue weighted by Crippen LogP contribution is -2.49. The van der Waals surface area contributed by atoms with E-state index in [9.17, 15) is 4.79 Å². The van der Waals surface area contributed by atoms with Gasteiger partial charge in [0.05, 0.1) is 11.1 Å². The van der Waals surface area contributed by atoms with Crippen LogP contribution in [0.2, 0.25) is 0 Å². The maximum absolute atomic E-state index is 13.0. The molecule has 0 bridgehead atoms. The summed E-state index contributed by atoms with van der Waals surface area (Å²) in [5, 5.41) is 6.25. The molecule has 31 heavy (non-hydrogen) atoms. The first-order chi connectivity index (χ1) is 15.3. The molecule has 1 amide bonds. The smallest absolute Gasteiger partial charge is 0.253 e. The van der Waals surface area contributed by atoms with Gasteiger partial charge in [-0.1, -0.05) is 30.3 Å². The Morgan fingerprint density at radius 2 is 1.61 bits per heavy atom. The van der Waals surface area contributed by atoms with E-state index in [0.29, 0.717) is 12.1 Å². The van der Waals surface area contributed by atoms with E-state index in [0.717, 1.165) is 60.3 Å². The fourth-order valence-electron chi connectivity index (χ4n) is 4.15. The van der Waals surface area contributed by atoms with Gasteiger partial charge in [0.15, 0.2) is 0 Å². The highest BCUT2D eigenvalue weighted by molar-refractivity contribution is 6.15. The second-order valence-corrected chi connectivity index (χ2v) is 7.68. The predicted molar refractivity (Wildman–Crippen MR) is 122 cm³/mol. The average Bonchev–Trinajstić information content (AvgIpc) is 2.84. The second-order valence-electron chi connectivity index (χ2n) is 7.68. The Morgan fingerprint density at radius 3 is 2.45 bits per heavy atom. The SMILES string of the molecule is O=C(NCCN1CCN(c2ncccn2)CC1)c1cc2ccccc2c2cccnc12. The van der Waals surface area contributed by atoms with Crippen LogP contribution in [0, 0.1) is 0 Å². The number of amides is 1. The van der Waals surface area contributed by atoms with Crippen molar-refractivity contribution in [1.82, 2.24) is 25.2 Å². The lowest BCUT2D eigenvalue weighted by atomic mass is 10.0. The molecule has 0 unspecified atom stereocenters. The van der Waals surface area contributed by atoms with Crippen LogP contribution in [0.25, 0.3) is 21.7 Å². The molecule has 0 spiro atoms. The topological polar surface area (TPSA) is 74.2 Å². The number of rotatable bonds is 5. The van der Waals surface area contributed by atoms with Crippen molar-refractivity contribution < 1.29 is 4.79 Å². The highest BCUT2D eigenvalue weighted by Gasteiger charge is 2.19. The lowest BCUT2D eigenvalue weighted by molar-refractivity contribution is 0.0949. The van der Waals surface area contributed by atoms with Crippen LogP contribution in [-0.2, 0) is 0 Å². The zero-order valence-electron chi connectivity index (χ0n) is 17.2. The van der Waals surface area contributed by atoms with Crippen molar-refractivity contribution in [3.63, 3.8) is 0 Å². The van der Waals surface area contributed by atoms with Crippen LogP contribution in [0.1, 0.15) is 10.4 Å². The standard InChI is InChI=1S/C24H24N6O/c31-23(21-17-18-5-1-2-6-19(18)20-7-3-8-25-22(20)21)26-11-12-29-13-15-30(16-14-29)24-27-9-4-10-28-24/h1-10,17H,11-16H2,(H,26,31). The van der Waals surface area contributed by atoms with Crippen LogP contribution in [0.15, 0.2) is 67.1 Å². The third-order valence-electron chi connectivity index (χ3n) is 5.78. The van der Waals surface area contributed by atoms with Crippen LogP contribution >= 0.6 is 0 Å².